The number of carbonyl (C=O) groups excluding carboxylic acids is 1. The van der Waals surface area contributed by atoms with E-state index in [2.05, 4.69) is 28.0 Å². The molecular formula is C20H24N8OS. The predicted molar refractivity (Wildman–Crippen MR) is 118 cm³/mol. The summed E-state index contributed by atoms with van der Waals surface area (Å²) in [6, 6.07) is 9.74. The van der Waals surface area contributed by atoms with Crippen LogP contribution < -0.4 is 16.1 Å². The lowest BCUT2D eigenvalue weighted by Crippen LogP contribution is -2.32. The molecule has 2 amide bonds. The molecule has 1 fully saturated rings. The summed E-state index contributed by atoms with van der Waals surface area (Å²) in [6.07, 6.45) is 4.44. The lowest BCUT2D eigenvalue weighted by atomic mass is 10.2. The van der Waals surface area contributed by atoms with Gasteiger partial charge in [0.05, 0.1) is 0 Å². The third kappa shape index (κ3) is 4.55. The van der Waals surface area contributed by atoms with E-state index >= 15 is 0 Å². The minimum Gasteiger partial charge on any atom is -0.338 e. The normalized spacial score (nSPS) is 18.0. The summed E-state index contributed by atoms with van der Waals surface area (Å²) in [5, 5.41) is 8.35. The van der Waals surface area contributed by atoms with Crippen molar-refractivity contribution in [3.8, 4) is 0 Å². The number of amidine groups is 1. The highest BCUT2D eigenvalue weighted by atomic mass is 32.2. The Morgan fingerprint density at radius 3 is 2.87 bits per heavy atom. The highest BCUT2D eigenvalue weighted by Crippen LogP contribution is 2.30. The van der Waals surface area contributed by atoms with Crippen LogP contribution in [0.4, 0.5) is 16.4 Å². The Labute approximate surface area is 179 Å². The lowest BCUT2D eigenvalue weighted by molar-refractivity contribution is 0.252. The van der Waals surface area contributed by atoms with Gasteiger partial charge in [0.25, 0.3) is 0 Å². The zero-order chi connectivity index (χ0) is 21.1. The highest BCUT2D eigenvalue weighted by molar-refractivity contribution is 7.99. The van der Waals surface area contributed by atoms with Gasteiger partial charge in [-0.3, -0.25) is 4.40 Å². The van der Waals surface area contributed by atoms with Crippen LogP contribution in [0.3, 0.4) is 0 Å². The van der Waals surface area contributed by atoms with E-state index in [9.17, 15) is 4.79 Å². The van der Waals surface area contributed by atoms with Crippen molar-refractivity contribution < 1.29 is 4.79 Å². The van der Waals surface area contributed by atoms with Gasteiger partial charge < -0.3 is 16.1 Å². The van der Waals surface area contributed by atoms with Crippen molar-refractivity contribution >= 4 is 40.9 Å². The summed E-state index contributed by atoms with van der Waals surface area (Å²) in [5.41, 5.74) is 4.80. The fourth-order valence-corrected chi connectivity index (χ4v) is 3.85. The van der Waals surface area contributed by atoms with E-state index in [0.29, 0.717) is 18.5 Å². The fraction of sp³-hybridized carbons (Fsp3) is 0.300. The van der Waals surface area contributed by atoms with Crippen molar-refractivity contribution in [2.24, 2.45) is 4.99 Å². The van der Waals surface area contributed by atoms with E-state index in [1.54, 1.807) is 6.20 Å². The average molecular weight is 425 g/mol. The molecule has 3 N–H and O–H groups in total. The van der Waals surface area contributed by atoms with Crippen LogP contribution in [0.1, 0.15) is 20.3 Å². The molecule has 1 aromatic carbocycles. The van der Waals surface area contributed by atoms with Gasteiger partial charge in [0.15, 0.2) is 0 Å². The standard InChI is InChI=1S/C20H24N8OS/c1-4-21-20(29)23-14-5-7-15(8-6-14)30-18-12-17-22-9-10-28(17)19(25-18)24-16-11-13(2)27(3)26-16/h5-10,12-13H,4,11H2,1-3H3,(H2,21,23,29)(H,24,25,26). The number of aromatic nitrogens is 3. The molecule has 1 unspecified atom stereocenters. The topological polar surface area (TPSA) is 99.0 Å². The summed E-state index contributed by atoms with van der Waals surface area (Å²) in [4.78, 5) is 26.5. The van der Waals surface area contributed by atoms with Crippen molar-refractivity contribution in [3.63, 3.8) is 0 Å². The summed E-state index contributed by atoms with van der Waals surface area (Å²) in [6.45, 7) is 4.61. The zero-order valence-corrected chi connectivity index (χ0v) is 17.9. The van der Waals surface area contributed by atoms with E-state index in [1.165, 1.54) is 11.8 Å². The van der Waals surface area contributed by atoms with Crippen molar-refractivity contribution in [1.82, 2.24) is 30.1 Å². The molecule has 1 atom stereocenters. The fourth-order valence-electron chi connectivity index (χ4n) is 3.05. The van der Waals surface area contributed by atoms with E-state index in [0.717, 1.165) is 33.5 Å². The maximum absolute atomic E-state index is 11.6. The number of amides is 2. The summed E-state index contributed by atoms with van der Waals surface area (Å²) in [7, 11) is 2.00. The summed E-state index contributed by atoms with van der Waals surface area (Å²) < 4.78 is 1.88. The van der Waals surface area contributed by atoms with Gasteiger partial charge in [-0.15, -0.1) is 0 Å². The number of urea groups is 1. The Balaban J connectivity index is 1.55. The molecular weight excluding hydrogens is 400 g/mol. The molecule has 0 aliphatic carbocycles. The third-order valence-corrected chi connectivity index (χ3v) is 5.64. The number of anilines is 1. The van der Waals surface area contributed by atoms with Crippen molar-refractivity contribution in [1.29, 1.82) is 0 Å². The molecule has 30 heavy (non-hydrogen) atoms. The van der Waals surface area contributed by atoms with E-state index < -0.39 is 0 Å². The number of imidazole rings is 1. The molecule has 3 heterocycles. The molecule has 0 bridgehead atoms. The second-order valence-corrected chi connectivity index (χ2v) is 8.09. The number of nitrogens with zero attached hydrogens (tertiary/aromatic N) is 5. The summed E-state index contributed by atoms with van der Waals surface area (Å²) in [5.74, 6) is 1.47. The van der Waals surface area contributed by atoms with Crippen LogP contribution in [0.25, 0.3) is 5.65 Å². The van der Waals surface area contributed by atoms with Gasteiger partial charge in [0, 0.05) is 55.1 Å². The number of hydrogen-bond donors (Lipinski definition) is 3. The van der Waals surface area contributed by atoms with Crippen molar-refractivity contribution in [3.05, 3.63) is 42.7 Å². The molecule has 156 valence electrons. The second kappa shape index (κ2) is 8.72. The third-order valence-electron chi connectivity index (χ3n) is 4.71. The Morgan fingerprint density at radius 2 is 2.17 bits per heavy atom. The number of aliphatic imine (C=N–C) groups is 1. The molecule has 3 aromatic rings. The number of carbonyl (C=O) groups is 1. The molecule has 0 saturated carbocycles. The SMILES string of the molecule is CCNC(=O)Nc1ccc(Sc2cc3nccn3c(/N=C3\CC(C)N(C)N3)n2)cc1. The first-order valence-electron chi connectivity index (χ1n) is 9.75. The van der Waals surface area contributed by atoms with Crippen LogP contribution in [-0.2, 0) is 0 Å². The van der Waals surface area contributed by atoms with Crippen LogP contribution in [0.5, 0.6) is 0 Å². The Bertz CT molecular complexity index is 1070. The van der Waals surface area contributed by atoms with E-state index in [4.69, 9.17) is 9.98 Å². The first-order valence-corrected chi connectivity index (χ1v) is 10.6. The Morgan fingerprint density at radius 1 is 1.37 bits per heavy atom. The van der Waals surface area contributed by atoms with Gasteiger partial charge >= 0.3 is 6.03 Å². The monoisotopic (exact) mass is 424 g/mol. The van der Waals surface area contributed by atoms with E-state index in [-0.39, 0.29) is 6.03 Å². The van der Waals surface area contributed by atoms with Gasteiger partial charge in [-0.05, 0) is 38.1 Å². The van der Waals surface area contributed by atoms with Crippen LogP contribution >= 0.6 is 11.8 Å². The van der Waals surface area contributed by atoms with Gasteiger partial charge in [0.1, 0.15) is 16.5 Å². The van der Waals surface area contributed by atoms with Crippen molar-refractivity contribution in [2.75, 3.05) is 18.9 Å². The maximum Gasteiger partial charge on any atom is 0.319 e. The number of benzene rings is 1. The lowest BCUT2D eigenvalue weighted by Gasteiger charge is -2.12. The van der Waals surface area contributed by atoms with Crippen LogP contribution in [0.15, 0.2) is 57.6 Å². The largest absolute Gasteiger partial charge is 0.338 e. The number of hydrazine groups is 1. The predicted octanol–water partition coefficient (Wildman–Crippen LogP) is 3.28. The van der Waals surface area contributed by atoms with Crippen LogP contribution in [-0.4, -0.2) is 50.9 Å². The summed E-state index contributed by atoms with van der Waals surface area (Å²) >= 11 is 1.52. The quantitative estimate of drug-likeness (QED) is 0.544. The number of fused-ring (bicyclic) bond motifs is 1. The second-order valence-electron chi connectivity index (χ2n) is 7.00. The molecule has 10 heteroatoms. The molecule has 2 aromatic heterocycles. The van der Waals surface area contributed by atoms with Gasteiger partial charge in [-0.25, -0.2) is 19.8 Å². The highest BCUT2D eigenvalue weighted by Gasteiger charge is 2.22. The van der Waals surface area contributed by atoms with Crippen LogP contribution in [0.2, 0.25) is 0 Å². The first kappa shape index (κ1) is 20.2. The van der Waals surface area contributed by atoms with E-state index in [1.807, 2.05) is 59.9 Å². The smallest absolute Gasteiger partial charge is 0.319 e. The van der Waals surface area contributed by atoms with Crippen molar-refractivity contribution in [2.45, 2.75) is 36.2 Å². The number of rotatable bonds is 5. The molecule has 4 rings (SSSR count). The van der Waals surface area contributed by atoms with Gasteiger partial charge in [-0.2, -0.15) is 4.99 Å². The number of hydrogen-bond acceptors (Lipinski definition) is 6. The maximum atomic E-state index is 11.6. The first-order chi connectivity index (χ1) is 14.5. The van der Waals surface area contributed by atoms with Gasteiger partial charge in [-0.1, -0.05) is 11.8 Å². The Kier molecular flexibility index (Phi) is 5.86. The minimum atomic E-state index is -0.214. The van der Waals surface area contributed by atoms with Gasteiger partial charge in [0.2, 0.25) is 5.95 Å². The Hall–Kier alpha value is -3.11. The minimum absolute atomic E-state index is 0.214. The molecule has 9 nitrogen and oxygen atoms in total. The molecule has 1 saturated heterocycles. The zero-order valence-electron chi connectivity index (χ0n) is 17.1. The average Bonchev–Trinajstić information content (AvgIpc) is 3.30. The molecule has 1 aliphatic rings. The molecule has 0 spiro atoms. The molecule has 1 aliphatic heterocycles. The number of nitrogens with one attached hydrogen (secondary N) is 3. The molecule has 0 radical (unpaired) electrons. The van der Waals surface area contributed by atoms with Crippen LogP contribution in [0, 0.1) is 0 Å².